The number of nitrogens with zero attached hydrogens (tertiary/aromatic N) is 2. The van der Waals surface area contributed by atoms with Crippen molar-refractivity contribution in [1.29, 1.82) is 0 Å². The van der Waals surface area contributed by atoms with E-state index < -0.39 is 10.0 Å². The monoisotopic (exact) mass is 319 g/mol. The normalized spacial score (nSPS) is 11.6. The van der Waals surface area contributed by atoms with E-state index in [0.717, 1.165) is 11.3 Å². The zero-order valence-corrected chi connectivity index (χ0v) is 12.6. The van der Waals surface area contributed by atoms with Crippen LogP contribution in [0.25, 0.3) is 5.69 Å². The molecule has 0 spiro atoms. The molecule has 5 nitrogen and oxygen atoms in total. The largest absolute Gasteiger partial charge is 0.306 e. The average molecular weight is 319 g/mol. The summed E-state index contributed by atoms with van der Waals surface area (Å²) >= 11 is 1.20. The van der Waals surface area contributed by atoms with Crippen LogP contribution in [0.5, 0.6) is 0 Å². The van der Waals surface area contributed by atoms with E-state index in [1.54, 1.807) is 30.0 Å². The lowest BCUT2D eigenvalue weighted by Gasteiger charge is -2.07. The van der Waals surface area contributed by atoms with Gasteiger partial charge in [0.1, 0.15) is 4.21 Å². The van der Waals surface area contributed by atoms with Gasteiger partial charge in [-0.15, -0.1) is 11.3 Å². The third kappa shape index (κ3) is 3.21. The van der Waals surface area contributed by atoms with Crippen LogP contribution in [-0.2, 0) is 16.6 Å². The fourth-order valence-electron chi connectivity index (χ4n) is 1.90. The molecule has 0 saturated carbocycles. The van der Waals surface area contributed by atoms with Gasteiger partial charge in [0.15, 0.2) is 0 Å². The van der Waals surface area contributed by atoms with Crippen molar-refractivity contribution in [2.24, 2.45) is 0 Å². The molecule has 3 aromatic rings. The molecule has 2 heterocycles. The standard InChI is InChI=1S/C14H13N3O2S2/c18-21(19,14-5-2-8-20-14)16-10-12-3-1-4-13(9-12)17-7-6-15-11-17/h1-9,11,16H,10H2. The molecule has 0 amide bonds. The summed E-state index contributed by atoms with van der Waals surface area (Å²) in [4.78, 5) is 4.00. The maximum Gasteiger partial charge on any atom is 0.250 e. The van der Waals surface area contributed by atoms with Crippen molar-refractivity contribution in [1.82, 2.24) is 14.3 Å². The molecule has 0 aliphatic carbocycles. The molecule has 0 unspecified atom stereocenters. The predicted octanol–water partition coefficient (Wildman–Crippen LogP) is 2.41. The first kappa shape index (κ1) is 14.0. The van der Waals surface area contributed by atoms with Crippen LogP contribution in [0.3, 0.4) is 0 Å². The Bertz CT molecular complexity index is 810. The fraction of sp³-hybridized carbons (Fsp3) is 0.0714. The summed E-state index contributed by atoms with van der Waals surface area (Å²) in [5.41, 5.74) is 1.83. The summed E-state index contributed by atoms with van der Waals surface area (Å²) in [6, 6.07) is 11.0. The van der Waals surface area contributed by atoms with E-state index in [-0.39, 0.29) is 6.54 Å². The molecular formula is C14H13N3O2S2. The molecule has 0 bridgehead atoms. The Labute approximate surface area is 127 Å². The second-order valence-electron chi connectivity index (χ2n) is 4.40. The van der Waals surface area contributed by atoms with Crippen LogP contribution in [0.2, 0.25) is 0 Å². The van der Waals surface area contributed by atoms with Crippen molar-refractivity contribution in [3.8, 4) is 5.69 Å². The zero-order chi connectivity index (χ0) is 14.7. The van der Waals surface area contributed by atoms with Gasteiger partial charge >= 0.3 is 0 Å². The van der Waals surface area contributed by atoms with Crippen molar-refractivity contribution in [2.45, 2.75) is 10.8 Å². The van der Waals surface area contributed by atoms with Gasteiger partial charge in [0.25, 0.3) is 0 Å². The maximum absolute atomic E-state index is 12.1. The van der Waals surface area contributed by atoms with Crippen LogP contribution in [0.4, 0.5) is 0 Å². The van der Waals surface area contributed by atoms with Crippen LogP contribution in [0.1, 0.15) is 5.56 Å². The molecule has 0 saturated heterocycles. The number of benzene rings is 1. The number of sulfonamides is 1. The van der Waals surface area contributed by atoms with Crippen LogP contribution in [0, 0.1) is 0 Å². The van der Waals surface area contributed by atoms with E-state index in [1.165, 1.54) is 11.3 Å². The molecule has 0 atom stereocenters. The minimum atomic E-state index is -3.43. The van der Waals surface area contributed by atoms with Crippen LogP contribution in [0.15, 0.2) is 64.7 Å². The number of thiophene rings is 1. The molecule has 108 valence electrons. The summed E-state index contributed by atoms with van der Waals surface area (Å²) in [5, 5.41) is 1.74. The summed E-state index contributed by atoms with van der Waals surface area (Å²) in [5.74, 6) is 0. The highest BCUT2D eigenvalue weighted by atomic mass is 32.2. The molecule has 0 aliphatic heterocycles. The fourth-order valence-corrected chi connectivity index (χ4v) is 3.96. The molecule has 0 radical (unpaired) electrons. The first-order chi connectivity index (χ1) is 10.1. The molecule has 0 fully saturated rings. The van der Waals surface area contributed by atoms with E-state index in [1.807, 2.05) is 35.0 Å². The van der Waals surface area contributed by atoms with Gasteiger partial charge in [-0.3, -0.25) is 0 Å². The van der Waals surface area contributed by atoms with Crippen LogP contribution in [-0.4, -0.2) is 18.0 Å². The van der Waals surface area contributed by atoms with Crippen LogP contribution < -0.4 is 4.72 Å². The minimum Gasteiger partial charge on any atom is -0.306 e. The molecule has 0 aliphatic rings. The summed E-state index contributed by atoms with van der Waals surface area (Å²) in [6.07, 6.45) is 5.25. The number of aromatic nitrogens is 2. The maximum atomic E-state index is 12.1. The van der Waals surface area contributed by atoms with Crippen molar-refractivity contribution in [3.05, 3.63) is 66.1 Å². The number of rotatable bonds is 5. The third-order valence-corrected chi connectivity index (χ3v) is 5.74. The Balaban J connectivity index is 1.76. The van der Waals surface area contributed by atoms with Gasteiger partial charge in [0.05, 0.1) is 6.33 Å². The predicted molar refractivity (Wildman–Crippen MR) is 81.9 cm³/mol. The van der Waals surface area contributed by atoms with Crippen LogP contribution >= 0.6 is 11.3 Å². The highest BCUT2D eigenvalue weighted by molar-refractivity contribution is 7.91. The zero-order valence-electron chi connectivity index (χ0n) is 11.0. The Morgan fingerprint density at radius 2 is 2.14 bits per heavy atom. The Morgan fingerprint density at radius 3 is 2.86 bits per heavy atom. The molecular weight excluding hydrogens is 306 g/mol. The average Bonchev–Trinajstić information content (AvgIpc) is 3.18. The highest BCUT2D eigenvalue weighted by Crippen LogP contribution is 2.16. The van der Waals surface area contributed by atoms with Gasteiger partial charge in [-0.05, 0) is 29.1 Å². The van der Waals surface area contributed by atoms with E-state index >= 15 is 0 Å². The van der Waals surface area contributed by atoms with E-state index in [2.05, 4.69) is 9.71 Å². The van der Waals surface area contributed by atoms with Crippen molar-refractivity contribution >= 4 is 21.4 Å². The SMILES string of the molecule is O=S(=O)(NCc1cccc(-n2ccnc2)c1)c1cccs1. The lowest BCUT2D eigenvalue weighted by molar-refractivity contribution is 0.583. The van der Waals surface area contributed by atoms with Gasteiger partial charge in [0, 0.05) is 24.6 Å². The second-order valence-corrected chi connectivity index (χ2v) is 7.34. The number of hydrogen-bond acceptors (Lipinski definition) is 4. The van der Waals surface area contributed by atoms with Gasteiger partial charge in [0.2, 0.25) is 10.0 Å². The van der Waals surface area contributed by atoms with E-state index in [9.17, 15) is 8.42 Å². The lowest BCUT2D eigenvalue weighted by Crippen LogP contribution is -2.22. The van der Waals surface area contributed by atoms with Gasteiger partial charge in [-0.25, -0.2) is 18.1 Å². The smallest absolute Gasteiger partial charge is 0.250 e. The van der Waals surface area contributed by atoms with E-state index in [0.29, 0.717) is 4.21 Å². The molecule has 1 aromatic carbocycles. The number of imidazole rings is 1. The summed E-state index contributed by atoms with van der Waals surface area (Å²) in [7, 11) is -3.43. The van der Waals surface area contributed by atoms with Crippen molar-refractivity contribution in [2.75, 3.05) is 0 Å². The summed E-state index contributed by atoms with van der Waals surface area (Å²) in [6.45, 7) is 0.253. The number of nitrogens with one attached hydrogen (secondary N) is 1. The van der Waals surface area contributed by atoms with Crippen molar-refractivity contribution < 1.29 is 8.42 Å². The van der Waals surface area contributed by atoms with E-state index in [4.69, 9.17) is 0 Å². The number of hydrogen-bond donors (Lipinski definition) is 1. The molecule has 2 aromatic heterocycles. The van der Waals surface area contributed by atoms with Gasteiger partial charge < -0.3 is 4.57 Å². The Kier molecular flexibility index (Phi) is 3.87. The van der Waals surface area contributed by atoms with Gasteiger partial charge in [-0.2, -0.15) is 0 Å². The Hall–Kier alpha value is -1.96. The molecule has 1 N–H and O–H groups in total. The minimum absolute atomic E-state index is 0.253. The second kappa shape index (κ2) is 5.80. The molecule has 7 heteroatoms. The highest BCUT2D eigenvalue weighted by Gasteiger charge is 2.14. The molecule has 21 heavy (non-hydrogen) atoms. The van der Waals surface area contributed by atoms with Gasteiger partial charge in [-0.1, -0.05) is 18.2 Å². The third-order valence-electron chi connectivity index (χ3n) is 2.94. The topological polar surface area (TPSA) is 64.0 Å². The van der Waals surface area contributed by atoms with Crippen molar-refractivity contribution in [3.63, 3.8) is 0 Å². The molecule has 3 rings (SSSR count). The first-order valence-electron chi connectivity index (χ1n) is 6.25. The first-order valence-corrected chi connectivity index (χ1v) is 8.62. The summed E-state index contributed by atoms with van der Waals surface area (Å²) < 4.78 is 28.9. The lowest BCUT2D eigenvalue weighted by atomic mass is 10.2. The quantitative estimate of drug-likeness (QED) is 0.785. The Morgan fingerprint density at radius 1 is 1.24 bits per heavy atom.